The zero-order chi connectivity index (χ0) is 15.9. The Kier molecular flexibility index (Phi) is 12.0. The number of rotatable bonds is 3. The highest BCUT2D eigenvalue weighted by Crippen LogP contribution is 2.16. The maximum absolute atomic E-state index is 2.31. The van der Waals surface area contributed by atoms with Crippen molar-refractivity contribution in [2.75, 3.05) is 0 Å². The van der Waals surface area contributed by atoms with E-state index >= 15 is 0 Å². The maximum Gasteiger partial charge on any atom is -0.0218 e. The van der Waals surface area contributed by atoms with Gasteiger partial charge in [0.2, 0.25) is 0 Å². The van der Waals surface area contributed by atoms with Gasteiger partial charge in [-0.05, 0) is 23.5 Å². The molecule has 1 aromatic rings. The zero-order valence-electron chi connectivity index (χ0n) is 14.2. The van der Waals surface area contributed by atoms with Crippen LogP contribution in [0.3, 0.4) is 0 Å². The Hall–Kier alpha value is -1.82. The molecule has 0 aromatic heterocycles. The summed E-state index contributed by atoms with van der Waals surface area (Å²) < 4.78 is 0. The second kappa shape index (κ2) is 13.2. The monoisotopic (exact) mass is 282 g/mol. The van der Waals surface area contributed by atoms with Crippen molar-refractivity contribution >= 4 is 6.08 Å². The van der Waals surface area contributed by atoms with Crippen molar-refractivity contribution in [2.45, 2.75) is 41.0 Å². The third-order valence-electron chi connectivity index (χ3n) is 2.78. The second-order valence-electron chi connectivity index (χ2n) is 4.41. The lowest BCUT2D eigenvalue weighted by atomic mass is 9.98. The predicted octanol–water partition coefficient (Wildman–Crippen LogP) is 6.83. The Morgan fingerprint density at radius 1 is 0.905 bits per heavy atom. The van der Waals surface area contributed by atoms with E-state index < -0.39 is 0 Å². The van der Waals surface area contributed by atoms with Gasteiger partial charge in [-0.1, -0.05) is 107 Å². The Bertz CT molecular complexity index is 458. The molecule has 0 nitrogen and oxygen atoms in total. The summed E-state index contributed by atoms with van der Waals surface area (Å²) >= 11 is 0. The first-order chi connectivity index (χ1) is 10.3. The van der Waals surface area contributed by atoms with Crippen LogP contribution in [-0.4, -0.2) is 0 Å². The van der Waals surface area contributed by atoms with E-state index in [0.29, 0.717) is 5.92 Å². The van der Waals surface area contributed by atoms with Crippen LogP contribution in [0, 0.1) is 5.92 Å². The Labute approximate surface area is 131 Å². The topological polar surface area (TPSA) is 0 Å². The molecule has 0 spiro atoms. The van der Waals surface area contributed by atoms with Gasteiger partial charge in [0.15, 0.2) is 0 Å². The summed E-state index contributed by atoms with van der Waals surface area (Å²) in [6.45, 7) is 10.2. The molecule has 0 saturated carbocycles. The molecule has 114 valence electrons. The third kappa shape index (κ3) is 8.86. The summed E-state index contributed by atoms with van der Waals surface area (Å²) in [5.41, 5.74) is 2.54. The van der Waals surface area contributed by atoms with E-state index in [2.05, 4.69) is 73.7 Å². The van der Waals surface area contributed by atoms with Gasteiger partial charge in [0.05, 0.1) is 0 Å². The third-order valence-corrected chi connectivity index (χ3v) is 2.78. The molecule has 0 bridgehead atoms. The van der Waals surface area contributed by atoms with Crippen molar-refractivity contribution < 1.29 is 0 Å². The average Bonchev–Trinajstić information content (AvgIpc) is 2.56. The average molecular weight is 282 g/mol. The lowest BCUT2D eigenvalue weighted by molar-refractivity contribution is 0.732. The molecule has 0 heteroatoms. The van der Waals surface area contributed by atoms with Crippen LogP contribution < -0.4 is 0 Å². The molecule has 1 aliphatic carbocycles. The first kappa shape index (κ1) is 19.2. The highest BCUT2D eigenvalue weighted by Gasteiger charge is 2.00. The Morgan fingerprint density at radius 3 is 2.14 bits per heavy atom. The summed E-state index contributed by atoms with van der Waals surface area (Å²) in [5.74, 6) is 0.665. The highest BCUT2D eigenvalue weighted by molar-refractivity contribution is 5.51. The SMILES string of the molecule is CC.CC.CC1C=C(/C=C/C=C/c2ccccc2)C=CC1. The van der Waals surface area contributed by atoms with E-state index in [9.17, 15) is 0 Å². The van der Waals surface area contributed by atoms with Crippen molar-refractivity contribution in [1.29, 1.82) is 0 Å². The Morgan fingerprint density at radius 2 is 1.52 bits per heavy atom. The van der Waals surface area contributed by atoms with E-state index in [-0.39, 0.29) is 0 Å². The van der Waals surface area contributed by atoms with Crippen molar-refractivity contribution in [1.82, 2.24) is 0 Å². The van der Waals surface area contributed by atoms with Crippen molar-refractivity contribution in [3.63, 3.8) is 0 Å². The molecule has 1 aromatic carbocycles. The van der Waals surface area contributed by atoms with Crippen LogP contribution in [0.25, 0.3) is 6.08 Å². The molecular weight excluding hydrogens is 252 g/mol. The number of allylic oxidation sites excluding steroid dienone is 7. The van der Waals surface area contributed by atoms with Crippen LogP contribution in [0.1, 0.15) is 46.6 Å². The molecule has 0 heterocycles. The van der Waals surface area contributed by atoms with E-state index in [1.54, 1.807) is 0 Å². The molecule has 0 aliphatic heterocycles. The predicted molar refractivity (Wildman–Crippen MR) is 98.3 cm³/mol. The number of benzene rings is 1. The van der Waals surface area contributed by atoms with Gasteiger partial charge in [-0.25, -0.2) is 0 Å². The van der Waals surface area contributed by atoms with Crippen molar-refractivity contribution in [2.24, 2.45) is 5.92 Å². The minimum absolute atomic E-state index is 0.665. The molecule has 0 amide bonds. The van der Waals surface area contributed by atoms with Crippen LogP contribution in [0.2, 0.25) is 0 Å². The van der Waals surface area contributed by atoms with Crippen LogP contribution in [-0.2, 0) is 0 Å². The van der Waals surface area contributed by atoms with E-state index in [1.807, 2.05) is 33.8 Å². The molecule has 2 rings (SSSR count). The highest BCUT2D eigenvalue weighted by atomic mass is 14.1. The van der Waals surface area contributed by atoms with Gasteiger partial charge in [0, 0.05) is 0 Å². The second-order valence-corrected chi connectivity index (χ2v) is 4.41. The van der Waals surface area contributed by atoms with Gasteiger partial charge in [0.1, 0.15) is 0 Å². The molecule has 1 aliphatic rings. The molecule has 0 saturated heterocycles. The first-order valence-electron chi connectivity index (χ1n) is 8.13. The lowest BCUT2D eigenvalue weighted by Gasteiger charge is -2.08. The molecule has 0 fully saturated rings. The summed E-state index contributed by atoms with van der Waals surface area (Å²) in [7, 11) is 0. The minimum atomic E-state index is 0.665. The molecule has 21 heavy (non-hydrogen) atoms. The lowest BCUT2D eigenvalue weighted by Crippen LogP contribution is -1.92. The van der Waals surface area contributed by atoms with Crippen LogP contribution in [0.5, 0.6) is 0 Å². The summed E-state index contributed by atoms with van der Waals surface area (Å²) in [5, 5.41) is 0. The van der Waals surface area contributed by atoms with E-state index in [1.165, 1.54) is 11.1 Å². The van der Waals surface area contributed by atoms with Gasteiger partial charge < -0.3 is 0 Å². The first-order valence-corrected chi connectivity index (χ1v) is 8.13. The standard InChI is InChI=1S/C17H18.2C2H6/c1-15-8-7-13-17(14-15)12-6-5-11-16-9-3-2-4-10-16;2*1-2/h2-7,9-15H,8H2,1H3;2*1-2H3/b11-5+,12-6+;;. The van der Waals surface area contributed by atoms with Crippen LogP contribution in [0.15, 0.2) is 72.4 Å². The summed E-state index contributed by atoms with van der Waals surface area (Å²) in [6, 6.07) is 10.3. The van der Waals surface area contributed by atoms with Crippen molar-refractivity contribution in [3.05, 3.63) is 77.9 Å². The molecule has 0 N–H and O–H groups in total. The summed E-state index contributed by atoms with van der Waals surface area (Å²) in [6.07, 6.45) is 16.4. The quantitative estimate of drug-likeness (QED) is 0.533. The fourth-order valence-electron chi connectivity index (χ4n) is 1.88. The number of hydrogen-bond donors (Lipinski definition) is 0. The normalized spacial score (nSPS) is 16.8. The van der Waals surface area contributed by atoms with Crippen molar-refractivity contribution in [3.8, 4) is 0 Å². The van der Waals surface area contributed by atoms with E-state index in [0.717, 1.165) is 6.42 Å². The van der Waals surface area contributed by atoms with Crippen LogP contribution >= 0.6 is 0 Å². The maximum atomic E-state index is 2.31. The number of hydrogen-bond acceptors (Lipinski definition) is 0. The smallest absolute Gasteiger partial charge is 0.0218 e. The van der Waals surface area contributed by atoms with Gasteiger partial charge >= 0.3 is 0 Å². The molecule has 1 unspecified atom stereocenters. The Balaban J connectivity index is 0.000000921. The fraction of sp³-hybridized carbons (Fsp3) is 0.333. The van der Waals surface area contributed by atoms with Gasteiger partial charge in [-0.2, -0.15) is 0 Å². The van der Waals surface area contributed by atoms with Gasteiger partial charge in [-0.3, -0.25) is 0 Å². The zero-order valence-corrected chi connectivity index (χ0v) is 14.2. The minimum Gasteiger partial charge on any atom is -0.0834 e. The fourth-order valence-corrected chi connectivity index (χ4v) is 1.88. The molecule has 1 atom stereocenters. The van der Waals surface area contributed by atoms with Gasteiger partial charge in [-0.15, -0.1) is 0 Å². The van der Waals surface area contributed by atoms with Gasteiger partial charge in [0.25, 0.3) is 0 Å². The molecule has 0 radical (unpaired) electrons. The summed E-state index contributed by atoms with van der Waals surface area (Å²) in [4.78, 5) is 0. The van der Waals surface area contributed by atoms with Crippen LogP contribution in [0.4, 0.5) is 0 Å². The molecular formula is C21H30. The largest absolute Gasteiger partial charge is 0.0834 e. The van der Waals surface area contributed by atoms with E-state index in [4.69, 9.17) is 0 Å².